The molecule has 1 N–H and O–H groups in total. The van der Waals surface area contributed by atoms with Crippen LogP contribution < -0.4 is 10.3 Å². The van der Waals surface area contributed by atoms with Crippen molar-refractivity contribution < 1.29 is 4.74 Å². The van der Waals surface area contributed by atoms with Gasteiger partial charge in [0.25, 0.3) is 5.56 Å². The van der Waals surface area contributed by atoms with Crippen molar-refractivity contribution in [3.8, 4) is 17.1 Å². The Morgan fingerprint density at radius 2 is 1.93 bits per heavy atom. The van der Waals surface area contributed by atoms with Crippen molar-refractivity contribution in [1.82, 2.24) is 19.8 Å². The number of nitrogens with zero attached hydrogens (tertiary/aromatic N) is 3. The summed E-state index contributed by atoms with van der Waals surface area (Å²) in [6.07, 6.45) is 0.929. The zero-order chi connectivity index (χ0) is 20.1. The maximum atomic E-state index is 12.2. The third-order valence-electron chi connectivity index (χ3n) is 5.12. The lowest BCUT2D eigenvalue weighted by Crippen LogP contribution is -2.43. The van der Waals surface area contributed by atoms with Gasteiger partial charge >= 0.3 is 0 Å². The molecule has 0 saturated carbocycles. The molecule has 28 heavy (non-hydrogen) atoms. The summed E-state index contributed by atoms with van der Waals surface area (Å²) in [5, 5.41) is 0. The van der Waals surface area contributed by atoms with Crippen molar-refractivity contribution in [3.63, 3.8) is 0 Å². The number of ether oxygens (including phenoxy) is 1. The van der Waals surface area contributed by atoms with E-state index < -0.39 is 0 Å². The molecular weight excluding hydrogens is 352 g/mol. The number of hydrogen-bond donors (Lipinski definition) is 1. The second-order valence-electron chi connectivity index (χ2n) is 7.93. The standard InChI is InChI=1S/C22H32N4O2/c1-5-12-28-20-7-6-17(15-26-10-8-25(4)9-11-26)13-18(20)22-23-19(16(2)3)14-21(27)24-22/h6-7,13-14,16H,5,8-12,15H2,1-4H3,(H,23,24,27). The molecule has 0 aliphatic carbocycles. The lowest BCUT2D eigenvalue weighted by atomic mass is 10.1. The summed E-state index contributed by atoms with van der Waals surface area (Å²) in [5.41, 5.74) is 2.74. The van der Waals surface area contributed by atoms with E-state index in [-0.39, 0.29) is 11.5 Å². The van der Waals surface area contributed by atoms with Gasteiger partial charge in [0.15, 0.2) is 0 Å². The monoisotopic (exact) mass is 384 g/mol. The first-order valence-corrected chi connectivity index (χ1v) is 10.2. The first-order valence-electron chi connectivity index (χ1n) is 10.2. The van der Waals surface area contributed by atoms with Gasteiger partial charge in [-0.1, -0.05) is 26.8 Å². The third-order valence-corrected chi connectivity index (χ3v) is 5.12. The molecular formula is C22H32N4O2. The van der Waals surface area contributed by atoms with Gasteiger partial charge in [0, 0.05) is 38.8 Å². The molecule has 1 aromatic heterocycles. The van der Waals surface area contributed by atoms with Gasteiger partial charge in [-0.25, -0.2) is 4.98 Å². The smallest absolute Gasteiger partial charge is 0.251 e. The Bertz CT molecular complexity index is 839. The number of nitrogens with one attached hydrogen (secondary N) is 1. The summed E-state index contributed by atoms with van der Waals surface area (Å²) < 4.78 is 5.96. The summed E-state index contributed by atoms with van der Waals surface area (Å²) in [6, 6.07) is 7.83. The molecule has 6 nitrogen and oxygen atoms in total. The molecule has 0 amide bonds. The Morgan fingerprint density at radius 3 is 2.61 bits per heavy atom. The van der Waals surface area contributed by atoms with Crippen molar-refractivity contribution in [2.75, 3.05) is 39.8 Å². The molecule has 2 heterocycles. The van der Waals surface area contributed by atoms with Crippen LogP contribution in [0.25, 0.3) is 11.4 Å². The van der Waals surface area contributed by atoms with E-state index in [0.717, 1.165) is 56.2 Å². The highest BCUT2D eigenvalue weighted by atomic mass is 16.5. The molecule has 1 fully saturated rings. The molecule has 6 heteroatoms. The van der Waals surface area contributed by atoms with E-state index in [2.05, 4.69) is 40.9 Å². The lowest BCUT2D eigenvalue weighted by molar-refractivity contribution is 0.148. The third kappa shape index (κ3) is 5.20. The first kappa shape index (κ1) is 20.6. The number of aromatic amines is 1. The SMILES string of the molecule is CCCOc1ccc(CN2CCN(C)CC2)cc1-c1nc(C(C)C)cc(=O)[nH]1. The minimum absolute atomic E-state index is 0.125. The van der Waals surface area contributed by atoms with Crippen LogP contribution in [0.4, 0.5) is 0 Å². The van der Waals surface area contributed by atoms with Gasteiger partial charge in [-0.3, -0.25) is 9.69 Å². The number of piperazine rings is 1. The predicted molar refractivity (Wildman–Crippen MR) is 113 cm³/mol. The zero-order valence-corrected chi connectivity index (χ0v) is 17.5. The Kier molecular flexibility index (Phi) is 6.86. The predicted octanol–water partition coefficient (Wildman–Crippen LogP) is 3.10. The van der Waals surface area contributed by atoms with Crippen LogP contribution in [0.5, 0.6) is 5.75 Å². The highest BCUT2D eigenvalue weighted by Gasteiger charge is 2.17. The van der Waals surface area contributed by atoms with E-state index in [1.54, 1.807) is 6.07 Å². The van der Waals surface area contributed by atoms with Crippen molar-refractivity contribution in [2.45, 2.75) is 39.7 Å². The van der Waals surface area contributed by atoms with E-state index in [0.29, 0.717) is 12.4 Å². The van der Waals surface area contributed by atoms with Crippen LogP contribution >= 0.6 is 0 Å². The number of benzene rings is 1. The second kappa shape index (κ2) is 9.34. The van der Waals surface area contributed by atoms with E-state index in [9.17, 15) is 4.79 Å². The highest BCUT2D eigenvalue weighted by molar-refractivity contribution is 5.65. The fourth-order valence-electron chi connectivity index (χ4n) is 3.36. The van der Waals surface area contributed by atoms with Crippen LogP contribution in [0.1, 0.15) is 44.4 Å². The number of aromatic nitrogens is 2. The highest BCUT2D eigenvalue weighted by Crippen LogP contribution is 2.30. The molecule has 0 atom stereocenters. The average Bonchev–Trinajstić information content (AvgIpc) is 2.68. The van der Waals surface area contributed by atoms with E-state index in [4.69, 9.17) is 9.72 Å². The molecule has 0 unspecified atom stereocenters. The summed E-state index contributed by atoms with van der Waals surface area (Å²) >= 11 is 0. The normalized spacial score (nSPS) is 15.9. The topological polar surface area (TPSA) is 61.5 Å². The molecule has 2 aromatic rings. The van der Waals surface area contributed by atoms with Gasteiger partial charge in [-0.05, 0) is 37.1 Å². The van der Waals surface area contributed by atoms with Crippen LogP contribution in [0, 0.1) is 0 Å². The molecule has 1 saturated heterocycles. The van der Waals surface area contributed by atoms with Crippen LogP contribution in [0.2, 0.25) is 0 Å². The Labute approximate surface area is 167 Å². The number of H-pyrrole nitrogens is 1. The second-order valence-corrected chi connectivity index (χ2v) is 7.93. The van der Waals surface area contributed by atoms with Gasteiger partial charge in [0.2, 0.25) is 0 Å². The number of hydrogen-bond acceptors (Lipinski definition) is 5. The van der Waals surface area contributed by atoms with Crippen LogP contribution in [-0.4, -0.2) is 59.6 Å². The quantitative estimate of drug-likeness (QED) is 0.795. The molecule has 3 rings (SSSR count). The van der Waals surface area contributed by atoms with Crippen molar-refractivity contribution in [1.29, 1.82) is 0 Å². The maximum absolute atomic E-state index is 12.2. The molecule has 1 aliphatic heterocycles. The van der Waals surface area contributed by atoms with Crippen molar-refractivity contribution >= 4 is 0 Å². The summed E-state index contributed by atoms with van der Waals surface area (Å²) in [5.74, 6) is 1.55. The Balaban J connectivity index is 1.93. The molecule has 1 aliphatic rings. The Hall–Kier alpha value is -2.18. The Morgan fingerprint density at radius 1 is 1.18 bits per heavy atom. The van der Waals surface area contributed by atoms with Crippen LogP contribution in [0.3, 0.4) is 0 Å². The molecule has 0 spiro atoms. The molecule has 0 bridgehead atoms. The van der Waals surface area contributed by atoms with Crippen molar-refractivity contribution in [2.24, 2.45) is 0 Å². The average molecular weight is 385 g/mol. The van der Waals surface area contributed by atoms with E-state index in [1.807, 2.05) is 19.9 Å². The molecule has 0 radical (unpaired) electrons. The van der Waals surface area contributed by atoms with Crippen molar-refractivity contribution in [3.05, 3.63) is 45.9 Å². The van der Waals surface area contributed by atoms with Gasteiger partial charge in [-0.2, -0.15) is 0 Å². The molecule has 1 aromatic carbocycles. The maximum Gasteiger partial charge on any atom is 0.251 e. The van der Waals surface area contributed by atoms with Gasteiger partial charge < -0.3 is 14.6 Å². The number of likely N-dealkylation sites (N-methyl/N-ethyl adjacent to an activating group) is 1. The minimum Gasteiger partial charge on any atom is -0.493 e. The zero-order valence-electron chi connectivity index (χ0n) is 17.5. The first-order chi connectivity index (χ1) is 13.5. The summed E-state index contributed by atoms with van der Waals surface area (Å²) in [6.45, 7) is 12.0. The van der Waals surface area contributed by atoms with Crippen LogP contribution in [0.15, 0.2) is 29.1 Å². The van der Waals surface area contributed by atoms with E-state index >= 15 is 0 Å². The van der Waals surface area contributed by atoms with Gasteiger partial charge in [0.1, 0.15) is 11.6 Å². The fraction of sp³-hybridized carbons (Fsp3) is 0.545. The van der Waals surface area contributed by atoms with Crippen LogP contribution in [-0.2, 0) is 6.54 Å². The largest absolute Gasteiger partial charge is 0.493 e. The van der Waals surface area contributed by atoms with Gasteiger partial charge in [0.05, 0.1) is 17.9 Å². The summed E-state index contributed by atoms with van der Waals surface area (Å²) in [4.78, 5) is 24.6. The minimum atomic E-state index is -0.125. The van der Waals surface area contributed by atoms with E-state index in [1.165, 1.54) is 5.56 Å². The summed E-state index contributed by atoms with van der Waals surface area (Å²) in [7, 11) is 2.17. The molecule has 152 valence electrons. The fourth-order valence-corrected chi connectivity index (χ4v) is 3.36. The lowest BCUT2D eigenvalue weighted by Gasteiger charge is -2.32. The number of rotatable bonds is 7. The van der Waals surface area contributed by atoms with Gasteiger partial charge in [-0.15, -0.1) is 0 Å².